The van der Waals surface area contributed by atoms with Gasteiger partial charge in [-0.05, 0) is 49.6 Å². The van der Waals surface area contributed by atoms with Crippen molar-refractivity contribution in [2.45, 2.75) is 20.8 Å². The van der Waals surface area contributed by atoms with Crippen LogP contribution < -0.4 is 9.62 Å². The molecule has 2 rings (SSSR count). The molecule has 9 heteroatoms. The van der Waals surface area contributed by atoms with E-state index in [1.54, 1.807) is 25.1 Å². The van der Waals surface area contributed by atoms with Crippen LogP contribution in [0.25, 0.3) is 0 Å². The third kappa shape index (κ3) is 5.04. The Morgan fingerprint density at radius 3 is 2.26 bits per heavy atom. The summed E-state index contributed by atoms with van der Waals surface area (Å²) in [4.78, 5) is 22.8. The van der Waals surface area contributed by atoms with Crippen molar-refractivity contribution in [3.8, 4) is 0 Å². The molecule has 2 aromatic carbocycles. The molecule has 1 amide bonds. The van der Waals surface area contributed by atoms with Crippen LogP contribution in [0.1, 0.15) is 16.7 Å². The van der Waals surface area contributed by atoms with E-state index in [0.717, 1.165) is 21.7 Å². The molecule has 0 aliphatic rings. The van der Waals surface area contributed by atoms with Gasteiger partial charge in [-0.3, -0.25) is 19.2 Å². The Balaban J connectivity index is 2.28. The van der Waals surface area contributed by atoms with Crippen LogP contribution in [0, 0.1) is 30.9 Å². The minimum atomic E-state index is -3.70. The van der Waals surface area contributed by atoms with Crippen LogP contribution in [0.4, 0.5) is 17.1 Å². The van der Waals surface area contributed by atoms with Gasteiger partial charge in [0.2, 0.25) is 15.9 Å². The zero-order chi connectivity index (χ0) is 20.4. The summed E-state index contributed by atoms with van der Waals surface area (Å²) in [6, 6.07) is 9.21. The number of nitrogens with zero attached hydrogens (tertiary/aromatic N) is 2. The van der Waals surface area contributed by atoms with Crippen LogP contribution in [0.5, 0.6) is 0 Å². The second-order valence-corrected chi connectivity index (χ2v) is 8.25. The van der Waals surface area contributed by atoms with Crippen molar-refractivity contribution < 1.29 is 18.1 Å². The first-order valence-corrected chi connectivity index (χ1v) is 9.93. The predicted octanol–water partition coefficient (Wildman–Crippen LogP) is 2.92. The van der Waals surface area contributed by atoms with E-state index in [9.17, 15) is 23.3 Å². The highest BCUT2D eigenvalue weighted by Crippen LogP contribution is 2.23. The summed E-state index contributed by atoms with van der Waals surface area (Å²) in [5, 5.41) is 13.5. The number of carbonyl (C=O) groups is 1. The van der Waals surface area contributed by atoms with E-state index >= 15 is 0 Å². The maximum atomic E-state index is 12.4. The molecule has 0 aliphatic heterocycles. The van der Waals surface area contributed by atoms with Crippen LogP contribution in [0.2, 0.25) is 0 Å². The molecule has 0 bridgehead atoms. The molecule has 0 atom stereocenters. The van der Waals surface area contributed by atoms with E-state index in [-0.39, 0.29) is 11.4 Å². The van der Waals surface area contributed by atoms with E-state index in [1.165, 1.54) is 18.2 Å². The highest BCUT2D eigenvalue weighted by Gasteiger charge is 2.22. The molecule has 8 nitrogen and oxygen atoms in total. The number of nitro groups is 1. The second kappa shape index (κ2) is 7.75. The van der Waals surface area contributed by atoms with Gasteiger partial charge in [-0.1, -0.05) is 12.1 Å². The Kier molecular flexibility index (Phi) is 5.85. The van der Waals surface area contributed by atoms with Crippen LogP contribution in [0.3, 0.4) is 0 Å². The minimum Gasteiger partial charge on any atom is -0.324 e. The van der Waals surface area contributed by atoms with Crippen molar-refractivity contribution in [2.75, 3.05) is 22.4 Å². The summed E-state index contributed by atoms with van der Waals surface area (Å²) >= 11 is 0. The van der Waals surface area contributed by atoms with Gasteiger partial charge < -0.3 is 5.32 Å². The van der Waals surface area contributed by atoms with Gasteiger partial charge in [0.15, 0.2) is 0 Å². The number of aryl methyl sites for hydroxylation is 3. The molecule has 1 N–H and O–H groups in total. The van der Waals surface area contributed by atoms with E-state index < -0.39 is 27.4 Å². The minimum absolute atomic E-state index is 0.162. The van der Waals surface area contributed by atoms with Crippen molar-refractivity contribution in [1.29, 1.82) is 0 Å². The summed E-state index contributed by atoms with van der Waals surface area (Å²) < 4.78 is 25.4. The summed E-state index contributed by atoms with van der Waals surface area (Å²) in [5.41, 5.74) is 3.02. The van der Waals surface area contributed by atoms with Gasteiger partial charge >= 0.3 is 0 Å². The molecule has 27 heavy (non-hydrogen) atoms. The summed E-state index contributed by atoms with van der Waals surface area (Å²) in [6.07, 6.45) is 1.02. The molecule has 0 unspecified atom stereocenters. The summed E-state index contributed by atoms with van der Waals surface area (Å²) in [7, 11) is -3.70. The zero-order valence-corrected chi connectivity index (χ0v) is 16.3. The number of non-ortho nitro benzene ring substituents is 1. The molecule has 2 aromatic rings. The Bertz CT molecular complexity index is 1000. The molecule has 0 saturated heterocycles. The van der Waals surface area contributed by atoms with E-state index in [1.807, 2.05) is 13.8 Å². The lowest BCUT2D eigenvalue weighted by molar-refractivity contribution is -0.384. The molecule has 144 valence electrons. The van der Waals surface area contributed by atoms with Crippen molar-refractivity contribution in [3.63, 3.8) is 0 Å². The van der Waals surface area contributed by atoms with E-state index in [4.69, 9.17) is 0 Å². The van der Waals surface area contributed by atoms with Crippen molar-refractivity contribution in [3.05, 3.63) is 63.2 Å². The SMILES string of the molecule is Cc1ccc(N(CC(=O)Nc2cc([N+](=O)[O-])ccc2C)S(C)(=O)=O)cc1C. The molecule has 0 radical (unpaired) electrons. The smallest absolute Gasteiger partial charge is 0.271 e. The predicted molar refractivity (Wildman–Crippen MR) is 105 cm³/mol. The van der Waals surface area contributed by atoms with Gasteiger partial charge in [-0.15, -0.1) is 0 Å². The number of sulfonamides is 1. The standard InChI is InChI=1S/C18H21N3O5S/c1-12-5-7-15(9-14(12)3)20(27(4,25)26)11-18(22)19-17-10-16(21(23)24)8-6-13(17)2/h5-10H,11H2,1-4H3,(H,19,22). The topological polar surface area (TPSA) is 110 Å². The fraction of sp³-hybridized carbons (Fsp3) is 0.278. The first-order chi connectivity index (χ1) is 12.5. The average Bonchev–Trinajstić information content (AvgIpc) is 2.56. The second-order valence-electron chi connectivity index (χ2n) is 6.34. The Hall–Kier alpha value is -2.94. The van der Waals surface area contributed by atoms with Gasteiger partial charge in [0, 0.05) is 12.1 Å². The third-order valence-electron chi connectivity index (χ3n) is 4.17. The van der Waals surface area contributed by atoms with Gasteiger partial charge in [-0.2, -0.15) is 0 Å². The fourth-order valence-corrected chi connectivity index (χ4v) is 3.31. The lowest BCUT2D eigenvalue weighted by Gasteiger charge is -2.23. The Labute approximate surface area is 158 Å². The average molecular weight is 391 g/mol. The maximum Gasteiger partial charge on any atom is 0.271 e. The van der Waals surface area contributed by atoms with E-state index in [0.29, 0.717) is 11.3 Å². The number of rotatable bonds is 6. The van der Waals surface area contributed by atoms with Gasteiger partial charge in [-0.25, -0.2) is 8.42 Å². The molecule has 0 heterocycles. The van der Waals surface area contributed by atoms with Crippen LogP contribution >= 0.6 is 0 Å². The number of amides is 1. The van der Waals surface area contributed by atoms with Gasteiger partial charge in [0.1, 0.15) is 6.54 Å². The lowest BCUT2D eigenvalue weighted by atomic mass is 10.1. The first kappa shape index (κ1) is 20.4. The molecule has 0 aliphatic carbocycles. The molecular formula is C18H21N3O5S. The third-order valence-corrected chi connectivity index (χ3v) is 5.31. The van der Waals surface area contributed by atoms with Crippen molar-refractivity contribution in [1.82, 2.24) is 0 Å². The quantitative estimate of drug-likeness (QED) is 0.601. The molecule has 0 aromatic heterocycles. The fourth-order valence-electron chi connectivity index (χ4n) is 2.46. The zero-order valence-electron chi connectivity index (χ0n) is 15.5. The molecule has 0 spiro atoms. The number of hydrogen-bond acceptors (Lipinski definition) is 5. The van der Waals surface area contributed by atoms with Crippen molar-refractivity contribution in [2.24, 2.45) is 0 Å². The highest BCUT2D eigenvalue weighted by molar-refractivity contribution is 7.92. The number of carbonyl (C=O) groups excluding carboxylic acids is 1. The summed E-state index contributed by atoms with van der Waals surface area (Å²) in [5.74, 6) is -0.595. The van der Waals surface area contributed by atoms with Crippen LogP contribution in [0.15, 0.2) is 36.4 Å². The normalized spacial score (nSPS) is 11.1. The van der Waals surface area contributed by atoms with Gasteiger partial charge in [0.05, 0.1) is 22.6 Å². The molecule has 0 saturated carbocycles. The van der Waals surface area contributed by atoms with Crippen molar-refractivity contribution >= 4 is 33.0 Å². The largest absolute Gasteiger partial charge is 0.324 e. The number of anilines is 2. The van der Waals surface area contributed by atoms with E-state index in [2.05, 4.69) is 5.32 Å². The number of benzene rings is 2. The van der Waals surface area contributed by atoms with Crippen LogP contribution in [-0.4, -0.2) is 32.0 Å². The Morgan fingerprint density at radius 1 is 1.07 bits per heavy atom. The highest BCUT2D eigenvalue weighted by atomic mass is 32.2. The number of nitrogens with one attached hydrogen (secondary N) is 1. The number of hydrogen-bond donors (Lipinski definition) is 1. The lowest BCUT2D eigenvalue weighted by Crippen LogP contribution is -2.37. The first-order valence-electron chi connectivity index (χ1n) is 8.09. The molecule has 0 fully saturated rings. The maximum absolute atomic E-state index is 12.4. The Morgan fingerprint density at radius 2 is 1.70 bits per heavy atom. The summed E-state index contributed by atoms with van der Waals surface area (Å²) in [6.45, 7) is 5.01. The van der Waals surface area contributed by atoms with Gasteiger partial charge in [0.25, 0.3) is 5.69 Å². The van der Waals surface area contributed by atoms with Crippen LogP contribution in [-0.2, 0) is 14.8 Å². The molecular weight excluding hydrogens is 370 g/mol. The number of nitro benzene ring substituents is 1. The monoisotopic (exact) mass is 391 g/mol.